The van der Waals surface area contributed by atoms with Gasteiger partial charge in [-0.3, -0.25) is 0 Å². The van der Waals surface area contributed by atoms with Gasteiger partial charge < -0.3 is 9.84 Å². The highest BCUT2D eigenvalue weighted by atomic mass is 35.5. The normalized spacial score (nSPS) is 12.2. The third-order valence-corrected chi connectivity index (χ3v) is 4.34. The summed E-state index contributed by atoms with van der Waals surface area (Å²) in [6.45, 7) is 0.106. The molecule has 4 heteroatoms. The lowest BCUT2D eigenvalue weighted by molar-refractivity contribution is 0.225. The first-order valence-corrected chi connectivity index (χ1v) is 7.56. The zero-order valence-electron chi connectivity index (χ0n) is 11.9. The number of halogens is 2. The molecular formula is C17H18Cl2O2. The lowest BCUT2D eigenvalue weighted by atomic mass is 9.93. The van der Waals surface area contributed by atoms with Crippen LogP contribution in [0.5, 0.6) is 5.75 Å². The highest BCUT2D eigenvalue weighted by Crippen LogP contribution is 2.28. The average molecular weight is 325 g/mol. The van der Waals surface area contributed by atoms with Crippen molar-refractivity contribution in [2.45, 2.75) is 12.8 Å². The number of benzene rings is 2. The molecule has 2 aromatic rings. The van der Waals surface area contributed by atoms with Crippen molar-refractivity contribution in [1.82, 2.24) is 0 Å². The van der Waals surface area contributed by atoms with Gasteiger partial charge in [-0.1, -0.05) is 47.5 Å². The van der Waals surface area contributed by atoms with E-state index in [4.69, 9.17) is 27.9 Å². The van der Waals surface area contributed by atoms with Crippen molar-refractivity contribution >= 4 is 23.2 Å². The highest BCUT2D eigenvalue weighted by molar-refractivity contribution is 6.42. The van der Waals surface area contributed by atoms with Gasteiger partial charge >= 0.3 is 0 Å². The Labute approximate surface area is 135 Å². The fourth-order valence-electron chi connectivity index (χ4n) is 2.31. The standard InChI is InChI=1S/C17H18Cl2O2/c1-21-15-7-5-12(6-8-15)9-13(11-20)10-14-3-2-4-16(18)17(14)19/h2-8,13,20H,9-11H2,1H3. The van der Waals surface area contributed by atoms with Crippen molar-refractivity contribution in [1.29, 1.82) is 0 Å². The summed E-state index contributed by atoms with van der Waals surface area (Å²) in [6, 6.07) is 13.5. The molecule has 112 valence electrons. The van der Waals surface area contributed by atoms with Gasteiger partial charge in [0.15, 0.2) is 0 Å². The molecule has 0 saturated carbocycles. The molecule has 0 amide bonds. The molecule has 1 atom stereocenters. The zero-order chi connectivity index (χ0) is 15.2. The molecule has 0 spiro atoms. The van der Waals surface area contributed by atoms with Gasteiger partial charge in [0.2, 0.25) is 0 Å². The molecule has 0 radical (unpaired) electrons. The maximum atomic E-state index is 9.61. The lowest BCUT2D eigenvalue weighted by Gasteiger charge is -2.16. The fourth-order valence-corrected chi connectivity index (χ4v) is 2.71. The highest BCUT2D eigenvalue weighted by Gasteiger charge is 2.13. The number of rotatable bonds is 6. The molecule has 1 unspecified atom stereocenters. The van der Waals surface area contributed by atoms with Crippen LogP contribution in [0.15, 0.2) is 42.5 Å². The number of aliphatic hydroxyl groups excluding tert-OH is 1. The van der Waals surface area contributed by atoms with Gasteiger partial charge in [0.05, 0.1) is 17.2 Å². The molecule has 2 aromatic carbocycles. The van der Waals surface area contributed by atoms with Crippen LogP contribution in [0.1, 0.15) is 11.1 Å². The Morgan fingerprint density at radius 3 is 2.38 bits per heavy atom. The topological polar surface area (TPSA) is 29.5 Å². The Morgan fingerprint density at radius 1 is 1.05 bits per heavy atom. The summed E-state index contributed by atoms with van der Waals surface area (Å²) in [5, 5.41) is 10.7. The van der Waals surface area contributed by atoms with Gasteiger partial charge in [-0.2, -0.15) is 0 Å². The summed E-state index contributed by atoms with van der Waals surface area (Å²) < 4.78 is 5.14. The van der Waals surface area contributed by atoms with Crippen molar-refractivity contribution in [2.24, 2.45) is 5.92 Å². The Bertz CT molecular complexity index is 582. The molecule has 0 bridgehead atoms. The van der Waals surface area contributed by atoms with E-state index in [1.165, 1.54) is 0 Å². The molecule has 0 aromatic heterocycles. The summed E-state index contributed by atoms with van der Waals surface area (Å²) in [6.07, 6.45) is 1.48. The van der Waals surface area contributed by atoms with E-state index in [-0.39, 0.29) is 12.5 Å². The summed E-state index contributed by atoms with van der Waals surface area (Å²) in [5.74, 6) is 0.937. The van der Waals surface area contributed by atoms with E-state index in [1.54, 1.807) is 13.2 Å². The molecule has 2 rings (SSSR count). The predicted molar refractivity (Wildman–Crippen MR) is 87.4 cm³/mol. The van der Waals surface area contributed by atoms with Gasteiger partial charge in [0, 0.05) is 6.61 Å². The number of ether oxygens (including phenoxy) is 1. The van der Waals surface area contributed by atoms with E-state index in [0.717, 1.165) is 23.3 Å². The minimum atomic E-state index is 0.106. The van der Waals surface area contributed by atoms with Crippen molar-refractivity contribution in [2.75, 3.05) is 13.7 Å². The molecule has 0 aliphatic rings. The number of methoxy groups -OCH3 is 1. The number of hydrogen-bond donors (Lipinski definition) is 1. The first-order chi connectivity index (χ1) is 10.1. The maximum absolute atomic E-state index is 9.61. The van der Waals surface area contributed by atoms with Crippen LogP contribution in [0.2, 0.25) is 10.0 Å². The average Bonchev–Trinajstić information content (AvgIpc) is 2.51. The molecule has 0 aliphatic heterocycles. The van der Waals surface area contributed by atoms with Crippen LogP contribution >= 0.6 is 23.2 Å². The monoisotopic (exact) mass is 324 g/mol. The minimum absolute atomic E-state index is 0.106. The molecule has 1 N–H and O–H groups in total. The van der Waals surface area contributed by atoms with E-state index in [9.17, 15) is 5.11 Å². The third-order valence-electron chi connectivity index (χ3n) is 3.48. The SMILES string of the molecule is COc1ccc(CC(CO)Cc2cccc(Cl)c2Cl)cc1. The van der Waals surface area contributed by atoms with Crippen LogP contribution < -0.4 is 4.74 Å². The summed E-state index contributed by atoms with van der Waals surface area (Å²) in [4.78, 5) is 0. The Hall–Kier alpha value is -1.22. The molecular weight excluding hydrogens is 307 g/mol. The second kappa shape index (κ2) is 7.69. The van der Waals surface area contributed by atoms with Crippen LogP contribution in [0.4, 0.5) is 0 Å². The van der Waals surface area contributed by atoms with E-state index in [1.807, 2.05) is 36.4 Å². The van der Waals surface area contributed by atoms with Crippen LogP contribution in [0.3, 0.4) is 0 Å². The fraction of sp³-hybridized carbons (Fsp3) is 0.294. The van der Waals surface area contributed by atoms with Gasteiger partial charge in [0.1, 0.15) is 5.75 Å². The quantitative estimate of drug-likeness (QED) is 0.853. The van der Waals surface area contributed by atoms with Crippen LogP contribution in [-0.2, 0) is 12.8 Å². The molecule has 2 nitrogen and oxygen atoms in total. The lowest BCUT2D eigenvalue weighted by Crippen LogP contribution is -2.13. The van der Waals surface area contributed by atoms with E-state index in [0.29, 0.717) is 16.5 Å². The van der Waals surface area contributed by atoms with Gasteiger partial charge in [0.25, 0.3) is 0 Å². The first-order valence-electron chi connectivity index (χ1n) is 6.80. The third kappa shape index (κ3) is 4.37. The Balaban J connectivity index is 2.07. The number of hydrogen-bond acceptors (Lipinski definition) is 2. The summed E-state index contributed by atoms with van der Waals surface area (Å²) in [5.41, 5.74) is 2.13. The van der Waals surface area contributed by atoms with Crippen molar-refractivity contribution in [3.8, 4) is 5.75 Å². The first kappa shape index (κ1) is 16.2. The van der Waals surface area contributed by atoms with Gasteiger partial charge in [-0.05, 0) is 48.1 Å². The Morgan fingerprint density at radius 2 is 1.76 bits per heavy atom. The van der Waals surface area contributed by atoms with Crippen LogP contribution in [-0.4, -0.2) is 18.8 Å². The molecule has 21 heavy (non-hydrogen) atoms. The summed E-state index contributed by atoms with van der Waals surface area (Å²) >= 11 is 12.2. The molecule has 0 fully saturated rings. The Kier molecular flexibility index (Phi) is 5.92. The van der Waals surface area contributed by atoms with Gasteiger partial charge in [-0.25, -0.2) is 0 Å². The maximum Gasteiger partial charge on any atom is 0.118 e. The smallest absolute Gasteiger partial charge is 0.118 e. The van der Waals surface area contributed by atoms with E-state index < -0.39 is 0 Å². The van der Waals surface area contributed by atoms with E-state index >= 15 is 0 Å². The molecule has 0 heterocycles. The largest absolute Gasteiger partial charge is 0.497 e. The zero-order valence-corrected chi connectivity index (χ0v) is 13.4. The van der Waals surface area contributed by atoms with Crippen molar-refractivity contribution in [3.05, 3.63) is 63.6 Å². The minimum Gasteiger partial charge on any atom is -0.497 e. The van der Waals surface area contributed by atoms with Crippen molar-refractivity contribution in [3.63, 3.8) is 0 Å². The van der Waals surface area contributed by atoms with Gasteiger partial charge in [-0.15, -0.1) is 0 Å². The summed E-state index contributed by atoms with van der Waals surface area (Å²) in [7, 11) is 1.65. The van der Waals surface area contributed by atoms with Crippen LogP contribution in [0, 0.1) is 5.92 Å². The molecule has 0 saturated heterocycles. The number of aliphatic hydroxyl groups is 1. The van der Waals surface area contributed by atoms with Crippen LogP contribution in [0.25, 0.3) is 0 Å². The predicted octanol–water partition coefficient (Wildman–Crippen LogP) is 4.40. The van der Waals surface area contributed by atoms with E-state index in [2.05, 4.69) is 0 Å². The second-order valence-electron chi connectivity index (χ2n) is 5.02. The van der Waals surface area contributed by atoms with Crippen molar-refractivity contribution < 1.29 is 9.84 Å². The second-order valence-corrected chi connectivity index (χ2v) is 5.80. The molecule has 0 aliphatic carbocycles.